The van der Waals surface area contributed by atoms with Gasteiger partial charge in [-0.15, -0.1) is 0 Å². The van der Waals surface area contributed by atoms with Crippen molar-refractivity contribution in [3.63, 3.8) is 0 Å². The maximum absolute atomic E-state index is 12.2. The Bertz CT molecular complexity index is 1390. The molecular formula is C25H21N5O2. The lowest BCUT2D eigenvalue weighted by Gasteiger charge is -2.20. The summed E-state index contributed by atoms with van der Waals surface area (Å²) in [6.07, 6.45) is 2.86. The van der Waals surface area contributed by atoms with Crippen LogP contribution in [0.5, 0.6) is 0 Å². The number of pyridine rings is 5. The van der Waals surface area contributed by atoms with Crippen LogP contribution < -0.4 is 9.46 Å². The zero-order valence-electron chi connectivity index (χ0n) is 18.0. The molecule has 5 aromatic rings. The number of rotatable bonds is 2. The van der Waals surface area contributed by atoms with E-state index in [1.165, 1.54) is 12.4 Å². The first-order valence-corrected chi connectivity index (χ1v) is 10.3. The summed E-state index contributed by atoms with van der Waals surface area (Å²) < 4.78 is 1.51. The Hall–Kier alpha value is -4.13. The fourth-order valence-electron chi connectivity index (χ4n) is 3.63. The van der Waals surface area contributed by atoms with E-state index in [-0.39, 0.29) is 5.41 Å². The number of nitrogens with zero attached hydrogens (tertiary/aromatic N) is 5. The van der Waals surface area contributed by atoms with E-state index < -0.39 is 0 Å². The summed E-state index contributed by atoms with van der Waals surface area (Å²) in [5.41, 5.74) is 4.05. The maximum Gasteiger partial charge on any atom is 0.333 e. The van der Waals surface area contributed by atoms with Gasteiger partial charge in [-0.25, -0.2) is 14.4 Å². The van der Waals surface area contributed by atoms with E-state index in [9.17, 15) is 10.4 Å². The molecule has 0 saturated carbocycles. The molecule has 0 aliphatic carbocycles. The molecule has 0 saturated heterocycles. The quantitative estimate of drug-likeness (QED) is 0.315. The van der Waals surface area contributed by atoms with E-state index in [0.29, 0.717) is 34.1 Å². The smallest absolute Gasteiger partial charge is 0.333 e. The molecular weight excluding hydrogens is 402 g/mol. The van der Waals surface area contributed by atoms with Crippen LogP contribution in [-0.4, -0.2) is 15.0 Å². The Morgan fingerprint density at radius 3 is 1.53 bits per heavy atom. The first-order valence-electron chi connectivity index (χ1n) is 10.3. The average molecular weight is 423 g/mol. The molecule has 0 N–H and O–H groups in total. The van der Waals surface area contributed by atoms with E-state index in [1.54, 1.807) is 12.1 Å². The van der Waals surface area contributed by atoms with Gasteiger partial charge in [-0.05, 0) is 81.6 Å². The van der Waals surface area contributed by atoms with Gasteiger partial charge in [0.1, 0.15) is 11.4 Å². The van der Waals surface area contributed by atoms with Crippen LogP contribution in [0.4, 0.5) is 0 Å². The van der Waals surface area contributed by atoms with Gasteiger partial charge in [0.15, 0.2) is 0 Å². The van der Waals surface area contributed by atoms with Gasteiger partial charge in [-0.3, -0.25) is 0 Å². The van der Waals surface area contributed by atoms with Gasteiger partial charge in [0.2, 0.25) is 11.4 Å². The second kappa shape index (κ2) is 7.23. The predicted octanol–water partition coefficient (Wildman–Crippen LogP) is 4.08. The monoisotopic (exact) mass is 423 g/mol. The molecule has 5 heterocycles. The fraction of sp³-hybridized carbons (Fsp3) is 0.160. The molecule has 5 rings (SSSR count). The van der Waals surface area contributed by atoms with Crippen LogP contribution in [0, 0.1) is 10.4 Å². The van der Waals surface area contributed by atoms with Crippen molar-refractivity contribution < 1.29 is 9.46 Å². The molecule has 158 valence electrons. The second-order valence-corrected chi connectivity index (χ2v) is 8.76. The summed E-state index contributed by atoms with van der Waals surface area (Å²) in [5, 5.41) is 26.0. The first kappa shape index (κ1) is 19.8. The normalized spacial score (nSPS) is 11.8. The maximum atomic E-state index is 12.2. The molecule has 0 spiro atoms. The van der Waals surface area contributed by atoms with Crippen LogP contribution >= 0.6 is 0 Å². The van der Waals surface area contributed by atoms with Gasteiger partial charge in [0, 0.05) is 0 Å². The Balaban J connectivity index is 1.72. The molecule has 0 atom stereocenters. The lowest BCUT2D eigenvalue weighted by Crippen LogP contribution is -2.27. The summed E-state index contributed by atoms with van der Waals surface area (Å²) in [4.78, 5) is 14.0. The zero-order chi connectivity index (χ0) is 22.5. The third-order valence-electron chi connectivity index (χ3n) is 5.44. The number of hydrogen-bond acceptors (Lipinski definition) is 5. The lowest BCUT2D eigenvalue weighted by molar-refractivity contribution is -0.579. The van der Waals surface area contributed by atoms with Gasteiger partial charge in [-0.1, -0.05) is 20.8 Å². The summed E-state index contributed by atoms with van der Waals surface area (Å²) in [5.74, 6) is 0. The van der Waals surface area contributed by atoms with Crippen LogP contribution in [0.25, 0.3) is 44.8 Å². The molecule has 32 heavy (non-hydrogen) atoms. The zero-order valence-corrected chi connectivity index (χ0v) is 18.0. The third kappa shape index (κ3) is 3.47. The van der Waals surface area contributed by atoms with E-state index in [4.69, 9.17) is 4.98 Å². The van der Waals surface area contributed by atoms with Crippen molar-refractivity contribution in [2.45, 2.75) is 26.2 Å². The molecule has 7 nitrogen and oxygen atoms in total. The number of aromatic nitrogens is 5. The molecule has 0 unspecified atom stereocenters. The highest BCUT2D eigenvalue weighted by Crippen LogP contribution is 2.30. The van der Waals surface area contributed by atoms with Crippen molar-refractivity contribution >= 4 is 22.1 Å². The van der Waals surface area contributed by atoms with Crippen LogP contribution in [0.15, 0.2) is 73.1 Å². The minimum atomic E-state index is -0.156. The molecule has 5 aromatic heterocycles. The van der Waals surface area contributed by atoms with E-state index in [2.05, 4.69) is 30.7 Å². The molecule has 0 radical (unpaired) electrons. The van der Waals surface area contributed by atoms with Gasteiger partial charge in [0.25, 0.3) is 0 Å². The van der Waals surface area contributed by atoms with E-state index in [0.717, 1.165) is 25.8 Å². The van der Waals surface area contributed by atoms with Gasteiger partial charge in [0.05, 0.1) is 23.2 Å². The van der Waals surface area contributed by atoms with Gasteiger partial charge < -0.3 is 10.4 Å². The van der Waals surface area contributed by atoms with E-state index >= 15 is 0 Å². The van der Waals surface area contributed by atoms with Crippen molar-refractivity contribution in [1.82, 2.24) is 15.0 Å². The highest BCUT2D eigenvalue weighted by molar-refractivity contribution is 5.77. The Labute approximate surface area is 184 Å². The van der Waals surface area contributed by atoms with Crippen LogP contribution in [0.2, 0.25) is 0 Å². The minimum Gasteiger partial charge on any atom is -0.710 e. The molecule has 0 aliphatic heterocycles. The Morgan fingerprint density at radius 1 is 0.625 bits per heavy atom. The second-order valence-electron chi connectivity index (χ2n) is 8.76. The van der Waals surface area contributed by atoms with Crippen molar-refractivity contribution in [3.8, 4) is 22.8 Å². The molecule has 0 fully saturated rings. The van der Waals surface area contributed by atoms with E-state index in [1.807, 2.05) is 48.5 Å². The Kier molecular flexibility index (Phi) is 4.48. The highest BCUT2D eigenvalue weighted by atomic mass is 16.5. The summed E-state index contributed by atoms with van der Waals surface area (Å²) >= 11 is 0. The Morgan fingerprint density at radius 2 is 1.09 bits per heavy atom. The largest absolute Gasteiger partial charge is 0.710 e. The summed E-state index contributed by atoms with van der Waals surface area (Å²) in [6.45, 7) is 6.36. The van der Waals surface area contributed by atoms with Gasteiger partial charge >= 0.3 is 11.3 Å². The molecule has 0 aliphatic rings. The molecule has 0 bridgehead atoms. The number of hydrogen-bond donors (Lipinski definition) is 0. The number of fused-ring (bicyclic) bond motifs is 2. The highest BCUT2D eigenvalue weighted by Gasteiger charge is 2.22. The average Bonchev–Trinajstić information content (AvgIpc) is 2.78. The summed E-state index contributed by atoms with van der Waals surface area (Å²) in [6, 6.07) is 18.5. The van der Waals surface area contributed by atoms with Crippen molar-refractivity contribution in [2.24, 2.45) is 0 Å². The third-order valence-corrected chi connectivity index (χ3v) is 5.44. The predicted molar refractivity (Wildman–Crippen MR) is 122 cm³/mol. The fourth-order valence-corrected chi connectivity index (χ4v) is 3.63. The molecule has 0 aromatic carbocycles. The van der Waals surface area contributed by atoms with Crippen molar-refractivity contribution in [1.29, 1.82) is 0 Å². The van der Waals surface area contributed by atoms with Crippen molar-refractivity contribution in [2.75, 3.05) is 0 Å². The topological polar surface area (TPSA) is 92.5 Å². The summed E-state index contributed by atoms with van der Waals surface area (Å²) in [7, 11) is 0. The van der Waals surface area contributed by atoms with Gasteiger partial charge in [-0.2, -0.15) is 0 Å². The lowest BCUT2D eigenvalue weighted by atomic mass is 9.86. The first-order chi connectivity index (χ1) is 15.3. The standard InChI is InChI=1S/C25H21N5O2/c1-25(2,3)18-14-21(19-10-8-16-6-4-12-29(31)23(16)27-19)26-22(15-18)20-11-9-17-7-5-13-30(32)24(17)28-20/h4-15H,1-3H3. The SMILES string of the molecule is CC(C)(C)c1cc(-c2ccc3ccc[n+]([O-])c3n2)nc(-c2ccc3ccc[n+]([O-])c3n2)c1. The van der Waals surface area contributed by atoms with Crippen LogP contribution in [0.3, 0.4) is 0 Å². The molecule has 0 amide bonds. The van der Waals surface area contributed by atoms with Crippen LogP contribution in [0.1, 0.15) is 26.3 Å². The minimum absolute atomic E-state index is 0.156. The molecule has 7 heteroatoms. The van der Waals surface area contributed by atoms with Crippen LogP contribution in [-0.2, 0) is 5.41 Å². The van der Waals surface area contributed by atoms with Crippen molar-refractivity contribution in [3.05, 3.63) is 89.0 Å².